The number of carbonyl (C=O) groups excluding carboxylic acids is 1. The van der Waals surface area contributed by atoms with Gasteiger partial charge in [-0.3, -0.25) is 4.79 Å². The van der Waals surface area contributed by atoms with Crippen LogP contribution in [0.4, 0.5) is 26.3 Å². The maximum absolute atomic E-state index is 13.2. The first kappa shape index (κ1) is 27.2. The first-order valence-electron chi connectivity index (χ1n) is 10.1. The van der Waals surface area contributed by atoms with Gasteiger partial charge in [-0.2, -0.15) is 26.3 Å². The van der Waals surface area contributed by atoms with Crippen molar-refractivity contribution in [2.75, 3.05) is 12.8 Å². The van der Waals surface area contributed by atoms with Gasteiger partial charge in [-0.25, -0.2) is 18.2 Å². The van der Waals surface area contributed by atoms with Crippen LogP contribution in [-0.2, 0) is 29.0 Å². The van der Waals surface area contributed by atoms with Gasteiger partial charge in [-0.15, -0.1) is 0 Å². The second-order valence-corrected chi connectivity index (χ2v) is 10.0. The maximum Gasteiger partial charge on any atom is 0.434 e. The Morgan fingerprint density at radius 3 is 2.28 bits per heavy atom. The van der Waals surface area contributed by atoms with Crippen molar-refractivity contribution in [2.24, 2.45) is 0 Å². The van der Waals surface area contributed by atoms with Gasteiger partial charge in [-0.05, 0) is 36.8 Å². The van der Waals surface area contributed by atoms with Crippen molar-refractivity contribution >= 4 is 21.7 Å². The molecule has 0 bridgehead atoms. The number of carboxylic acids is 1. The summed E-state index contributed by atoms with van der Waals surface area (Å²) in [4.78, 5) is 28.7. The van der Waals surface area contributed by atoms with E-state index in [1.807, 2.05) is 0 Å². The highest BCUT2D eigenvalue weighted by atomic mass is 32.2. The average Bonchev–Trinajstić information content (AvgIpc) is 2.75. The molecule has 1 aromatic heterocycles. The lowest BCUT2D eigenvalue weighted by Gasteiger charge is -2.30. The van der Waals surface area contributed by atoms with Crippen molar-refractivity contribution in [1.29, 1.82) is 0 Å². The van der Waals surface area contributed by atoms with Crippen LogP contribution < -0.4 is 4.74 Å². The van der Waals surface area contributed by atoms with E-state index in [9.17, 15) is 49.5 Å². The average molecular weight is 540 g/mol. The van der Waals surface area contributed by atoms with Crippen molar-refractivity contribution in [3.63, 3.8) is 0 Å². The summed E-state index contributed by atoms with van der Waals surface area (Å²) in [7, 11) is -3.88. The smallest absolute Gasteiger partial charge is 0.434 e. The molecule has 196 valence electrons. The number of aromatic carboxylic acids is 1. The highest BCUT2D eigenvalue weighted by Crippen LogP contribution is 2.34. The van der Waals surface area contributed by atoms with E-state index in [-0.39, 0.29) is 29.1 Å². The van der Waals surface area contributed by atoms with Crippen LogP contribution in [0.3, 0.4) is 0 Å². The van der Waals surface area contributed by atoms with Gasteiger partial charge in [0.2, 0.25) is 0 Å². The quantitative estimate of drug-likeness (QED) is 0.575. The molecule has 8 nitrogen and oxygen atoms in total. The molecular formula is C21H18F6N2O6S. The van der Waals surface area contributed by atoms with Crippen LogP contribution in [0, 0.1) is 0 Å². The Hall–Kier alpha value is -3.36. The van der Waals surface area contributed by atoms with E-state index in [0.717, 1.165) is 35.4 Å². The van der Waals surface area contributed by atoms with E-state index >= 15 is 0 Å². The second kappa shape index (κ2) is 9.26. The molecule has 1 aliphatic heterocycles. The monoisotopic (exact) mass is 540 g/mol. The van der Waals surface area contributed by atoms with Crippen LogP contribution in [0.5, 0.6) is 5.75 Å². The minimum absolute atomic E-state index is 0.00889. The minimum Gasteiger partial charge on any atom is -0.480 e. The summed E-state index contributed by atoms with van der Waals surface area (Å²) in [5.41, 5.74) is -3.34. The fourth-order valence-corrected chi connectivity index (χ4v) is 4.11. The highest BCUT2D eigenvalue weighted by molar-refractivity contribution is 7.90. The summed E-state index contributed by atoms with van der Waals surface area (Å²) >= 11 is 0. The minimum atomic E-state index is -5.04. The molecule has 0 unspecified atom stereocenters. The molecule has 0 saturated heterocycles. The Morgan fingerprint density at radius 2 is 1.75 bits per heavy atom. The Kier molecular flexibility index (Phi) is 7.00. The molecule has 0 aliphatic carbocycles. The zero-order valence-electron chi connectivity index (χ0n) is 18.6. The topological polar surface area (TPSA) is 114 Å². The number of amides is 1. The van der Waals surface area contributed by atoms with Crippen molar-refractivity contribution in [2.45, 2.75) is 43.2 Å². The molecule has 15 heteroatoms. The predicted octanol–water partition coefficient (Wildman–Crippen LogP) is 3.73. The lowest BCUT2D eigenvalue weighted by molar-refractivity contribution is -0.189. The van der Waals surface area contributed by atoms with E-state index < -0.39 is 69.3 Å². The molecule has 2 aromatic rings. The number of rotatable bonds is 5. The largest absolute Gasteiger partial charge is 0.480 e. The molecule has 3 rings (SSSR count). The number of aromatic nitrogens is 1. The number of benzene rings is 1. The number of ether oxygens (including phenoxy) is 1. The molecule has 1 aromatic carbocycles. The van der Waals surface area contributed by atoms with Gasteiger partial charge in [0.05, 0.1) is 16.0 Å². The van der Waals surface area contributed by atoms with Crippen LogP contribution in [0.1, 0.15) is 44.6 Å². The number of hydrogen-bond donors (Lipinski definition) is 1. The summed E-state index contributed by atoms with van der Waals surface area (Å²) in [5, 5.41) is 9.19. The van der Waals surface area contributed by atoms with E-state index in [0.29, 0.717) is 6.92 Å². The summed E-state index contributed by atoms with van der Waals surface area (Å²) in [5.74, 6) is -3.41. The van der Waals surface area contributed by atoms with E-state index in [1.54, 1.807) is 0 Å². The van der Waals surface area contributed by atoms with Crippen LogP contribution in [0.2, 0.25) is 0 Å². The van der Waals surface area contributed by atoms with Crippen LogP contribution in [0.15, 0.2) is 29.2 Å². The number of sulfone groups is 1. The van der Waals surface area contributed by atoms with Gasteiger partial charge in [0.15, 0.2) is 21.6 Å². The zero-order valence-corrected chi connectivity index (χ0v) is 19.4. The first-order chi connectivity index (χ1) is 16.4. The Balaban J connectivity index is 2.03. The summed E-state index contributed by atoms with van der Waals surface area (Å²) in [6.45, 7) is 0.0457. The first-order valence-corrected chi connectivity index (χ1v) is 12.0. The summed E-state index contributed by atoms with van der Waals surface area (Å²) in [6, 6.07) is 3.46. The third-order valence-electron chi connectivity index (χ3n) is 5.33. The summed E-state index contributed by atoms with van der Waals surface area (Å²) in [6.07, 6.45) is -11.6. The fraction of sp³-hybridized carbons (Fsp3) is 0.381. The van der Waals surface area contributed by atoms with Gasteiger partial charge >= 0.3 is 18.3 Å². The van der Waals surface area contributed by atoms with Gasteiger partial charge in [0.1, 0.15) is 5.75 Å². The summed E-state index contributed by atoms with van der Waals surface area (Å²) < 4.78 is 108. The number of carbonyl (C=O) groups is 2. The molecule has 0 saturated carbocycles. The second-order valence-electron chi connectivity index (χ2n) is 8.00. The third-order valence-corrected chi connectivity index (χ3v) is 6.44. The molecule has 1 aliphatic rings. The van der Waals surface area contributed by atoms with Crippen LogP contribution >= 0.6 is 0 Å². The molecule has 0 radical (unpaired) electrons. The number of halogens is 6. The Morgan fingerprint density at radius 1 is 1.11 bits per heavy atom. The molecule has 0 fully saturated rings. The number of fused-ring (bicyclic) bond motifs is 1. The third kappa shape index (κ3) is 5.71. The fourth-order valence-electron chi connectivity index (χ4n) is 3.46. The Bertz CT molecular complexity index is 1320. The number of nitrogens with zero attached hydrogens (tertiary/aromatic N) is 2. The van der Waals surface area contributed by atoms with Crippen LogP contribution in [0.25, 0.3) is 0 Å². The van der Waals surface area contributed by atoms with Crippen molar-refractivity contribution in [3.8, 4) is 5.75 Å². The van der Waals surface area contributed by atoms with E-state index in [1.165, 1.54) is 0 Å². The molecule has 36 heavy (non-hydrogen) atoms. The lowest BCUT2D eigenvalue weighted by atomic mass is 10.00. The standard InChI is InChI=1S/C21H18F6N2O6S/c1-10(20(22,23)24)35-16-4-3-12(36(2,33)34)8-13(16)18(30)29-6-5-15-11(9-29)7-14(19(31)32)17(28-15)21(25,26)27/h3-4,7-8,10H,5-6,9H2,1-2H3,(H,31,32)/t10-/m0/s1. The number of alkyl halides is 6. The van der Waals surface area contributed by atoms with Crippen molar-refractivity contribution < 1.29 is 54.2 Å². The van der Waals surface area contributed by atoms with Gasteiger partial charge < -0.3 is 14.7 Å². The van der Waals surface area contributed by atoms with Crippen molar-refractivity contribution in [3.05, 3.63) is 52.3 Å². The lowest BCUT2D eigenvalue weighted by Crippen LogP contribution is -2.38. The van der Waals surface area contributed by atoms with E-state index in [4.69, 9.17) is 4.74 Å². The van der Waals surface area contributed by atoms with Gasteiger partial charge in [0.25, 0.3) is 5.91 Å². The zero-order chi connectivity index (χ0) is 27.2. The number of carboxylic acid groups (broad SMARTS) is 1. The highest BCUT2D eigenvalue weighted by Gasteiger charge is 2.40. The SMILES string of the molecule is C[C@H](Oc1ccc(S(C)(=O)=O)cc1C(=O)N1CCc2nc(C(F)(F)F)c(C(=O)O)cc2C1)C(F)(F)F. The van der Waals surface area contributed by atoms with Crippen molar-refractivity contribution in [1.82, 2.24) is 9.88 Å². The number of pyridine rings is 1. The Labute approximate surface area is 200 Å². The van der Waals surface area contributed by atoms with Gasteiger partial charge in [-0.1, -0.05) is 0 Å². The number of hydrogen-bond acceptors (Lipinski definition) is 6. The predicted molar refractivity (Wildman–Crippen MR) is 110 cm³/mol. The normalized spacial score (nSPS) is 15.3. The maximum atomic E-state index is 13.2. The van der Waals surface area contributed by atoms with E-state index in [2.05, 4.69) is 4.98 Å². The molecular weight excluding hydrogens is 522 g/mol. The molecule has 1 amide bonds. The van der Waals surface area contributed by atoms with Gasteiger partial charge in [0, 0.05) is 31.5 Å². The molecule has 1 N–H and O–H groups in total. The molecule has 0 spiro atoms. The molecule has 2 heterocycles. The van der Waals surface area contributed by atoms with Crippen LogP contribution in [-0.4, -0.2) is 60.4 Å². The molecule has 1 atom stereocenters.